The Hall–Kier alpha value is -1.95. The molecule has 11 nitrogen and oxygen atoms in total. The summed E-state index contributed by atoms with van der Waals surface area (Å²) in [5, 5.41) is 10.2. The molecule has 0 aliphatic carbocycles. The Kier molecular flexibility index (Phi) is 7.99. The van der Waals surface area contributed by atoms with Gasteiger partial charge in [-0.25, -0.2) is 9.46 Å². The van der Waals surface area contributed by atoms with Crippen LogP contribution in [0.25, 0.3) is 0 Å². The lowest BCUT2D eigenvalue weighted by Crippen LogP contribution is -2.41. The number of methoxy groups -OCH3 is 1. The number of aryl methyl sites for hydroxylation is 1. The van der Waals surface area contributed by atoms with Crippen LogP contribution in [0.15, 0.2) is 46.1 Å². The lowest BCUT2D eigenvalue weighted by atomic mass is 10.0. The summed E-state index contributed by atoms with van der Waals surface area (Å²) in [4.78, 5) is 26.9. The van der Waals surface area contributed by atoms with Crippen molar-refractivity contribution in [3.05, 3.63) is 68.5 Å². The average Bonchev–Trinajstić information content (AvgIpc) is 3.58. The first-order valence-corrected chi connectivity index (χ1v) is 13.3. The van der Waals surface area contributed by atoms with Gasteiger partial charge in [0, 0.05) is 31.5 Å². The number of aliphatic hydroxyl groups is 1. The molecule has 3 aliphatic rings. The second kappa shape index (κ2) is 11.2. The zero-order chi connectivity index (χ0) is 25.2. The smallest absolute Gasteiger partial charge is 0.330 e. The summed E-state index contributed by atoms with van der Waals surface area (Å²) in [5.41, 5.74) is 0.366. The molecule has 1 aromatic carbocycles. The van der Waals surface area contributed by atoms with Gasteiger partial charge in [-0.3, -0.25) is 14.3 Å². The SMILES string of the molecule is COCCO[C@H]1C(O[P@]2O[C@@H](c3ccccc3)[C@H]3CCCN32)[C@@H](CO)O[C@H]1n1cc(C)c(=O)[nH]c1=O. The first-order chi connectivity index (χ1) is 17.5. The van der Waals surface area contributed by atoms with Gasteiger partial charge in [0.05, 0.1) is 19.8 Å². The van der Waals surface area contributed by atoms with E-state index >= 15 is 0 Å². The van der Waals surface area contributed by atoms with Crippen molar-refractivity contribution in [2.24, 2.45) is 0 Å². The summed E-state index contributed by atoms with van der Waals surface area (Å²) in [7, 11) is 0.110. The molecule has 196 valence electrons. The van der Waals surface area contributed by atoms with Crippen molar-refractivity contribution in [2.75, 3.05) is 33.5 Å². The average molecular weight is 522 g/mol. The Morgan fingerprint density at radius 3 is 2.75 bits per heavy atom. The quantitative estimate of drug-likeness (QED) is 0.374. The molecule has 0 saturated carbocycles. The number of aromatic amines is 1. The number of fused-ring (bicyclic) bond motifs is 1. The lowest BCUT2D eigenvalue weighted by molar-refractivity contribution is -0.0812. The summed E-state index contributed by atoms with van der Waals surface area (Å²) < 4.78 is 33.9. The van der Waals surface area contributed by atoms with Gasteiger partial charge < -0.3 is 28.4 Å². The molecule has 1 aromatic heterocycles. The van der Waals surface area contributed by atoms with Crippen molar-refractivity contribution in [3.8, 4) is 0 Å². The Bertz CT molecular complexity index is 1140. The van der Waals surface area contributed by atoms with Gasteiger partial charge in [-0.05, 0) is 25.3 Å². The maximum atomic E-state index is 12.7. The van der Waals surface area contributed by atoms with Crippen LogP contribution in [0.2, 0.25) is 0 Å². The summed E-state index contributed by atoms with van der Waals surface area (Å²) in [6, 6.07) is 10.3. The van der Waals surface area contributed by atoms with E-state index in [0.29, 0.717) is 12.2 Å². The fourth-order valence-electron chi connectivity index (χ4n) is 5.06. The van der Waals surface area contributed by atoms with E-state index in [1.165, 1.54) is 10.8 Å². The van der Waals surface area contributed by atoms with Gasteiger partial charge in [-0.2, -0.15) is 0 Å². The molecule has 2 aromatic rings. The van der Waals surface area contributed by atoms with E-state index in [1.54, 1.807) is 14.0 Å². The lowest BCUT2D eigenvalue weighted by Gasteiger charge is -2.28. The van der Waals surface area contributed by atoms with Crippen molar-refractivity contribution < 1.29 is 28.4 Å². The van der Waals surface area contributed by atoms with Crippen molar-refractivity contribution >= 4 is 8.53 Å². The van der Waals surface area contributed by atoms with Crippen LogP contribution in [0, 0.1) is 6.92 Å². The molecule has 3 fully saturated rings. The highest BCUT2D eigenvalue weighted by Crippen LogP contribution is 2.61. The minimum Gasteiger partial charge on any atom is -0.394 e. The monoisotopic (exact) mass is 521 g/mol. The van der Waals surface area contributed by atoms with E-state index < -0.39 is 44.3 Å². The maximum Gasteiger partial charge on any atom is 0.330 e. The van der Waals surface area contributed by atoms with Crippen molar-refractivity contribution in [3.63, 3.8) is 0 Å². The summed E-state index contributed by atoms with van der Waals surface area (Å²) >= 11 is 0. The topological polar surface area (TPSA) is 124 Å². The second-order valence-corrected chi connectivity index (χ2v) is 10.6. The minimum absolute atomic E-state index is 0.108. The molecule has 3 aliphatic heterocycles. The van der Waals surface area contributed by atoms with Gasteiger partial charge in [0.2, 0.25) is 0 Å². The number of nitrogens with zero attached hydrogens (tertiary/aromatic N) is 2. The molecule has 12 heteroatoms. The first-order valence-electron chi connectivity index (χ1n) is 12.2. The molecule has 7 atom stereocenters. The molecule has 36 heavy (non-hydrogen) atoms. The van der Waals surface area contributed by atoms with Crippen LogP contribution in [0.1, 0.15) is 36.3 Å². The van der Waals surface area contributed by atoms with Gasteiger partial charge in [0.15, 0.2) is 6.23 Å². The number of hydrogen-bond donors (Lipinski definition) is 2. The van der Waals surface area contributed by atoms with Crippen LogP contribution in [0.5, 0.6) is 0 Å². The predicted octanol–water partition coefficient (Wildman–Crippen LogP) is 1.61. The fraction of sp³-hybridized carbons (Fsp3) is 0.583. The number of H-pyrrole nitrogens is 1. The fourth-order valence-corrected chi connectivity index (χ4v) is 7.05. The third-order valence-corrected chi connectivity index (χ3v) is 8.60. The van der Waals surface area contributed by atoms with E-state index in [-0.39, 0.29) is 25.4 Å². The Morgan fingerprint density at radius 1 is 1.19 bits per heavy atom. The third-order valence-electron chi connectivity index (χ3n) is 6.86. The molecular weight excluding hydrogens is 489 g/mol. The Labute approximate surface area is 209 Å². The largest absolute Gasteiger partial charge is 0.394 e. The van der Waals surface area contributed by atoms with Gasteiger partial charge in [-0.1, -0.05) is 30.3 Å². The van der Waals surface area contributed by atoms with Crippen LogP contribution < -0.4 is 11.2 Å². The van der Waals surface area contributed by atoms with Crippen LogP contribution in [-0.2, 0) is 23.3 Å². The van der Waals surface area contributed by atoms with Crippen molar-refractivity contribution in [2.45, 2.75) is 56.5 Å². The van der Waals surface area contributed by atoms with Crippen molar-refractivity contribution in [1.82, 2.24) is 14.2 Å². The van der Waals surface area contributed by atoms with Crippen LogP contribution in [0.3, 0.4) is 0 Å². The molecule has 0 bridgehead atoms. The highest BCUT2D eigenvalue weighted by atomic mass is 31.2. The molecule has 3 saturated heterocycles. The summed E-state index contributed by atoms with van der Waals surface area (Å²) in [5.74, 6) is 0. The van der Waals surface area contributed by atoms with E-state index in [0.717, 1.165) is 24.9 Å². The summed E-state index contributed by atoms with van der Waals surface area (Å²) in [6.45, 7) is 2.68. The molecule has 2 N–H and O–H groups in total. The second-order valence-electron chi connectivity index (χ2n) is 9.17. The van der Waals surface area contributed by atoms with Gasteiger partial charge in [-0.15, -0.1) is 0 Å². The molecule has 0 radical (unpaired) electrons. The molecule has 4 heterocycles. The third kappa shape index (κ3) is 4.94. The number of rotatable bonds is 9. The number of nitrogens with one attached hydrogen (secondary N) is 1. The van der Waals surface area contributed by atoms with Crippen LogP contribution in [-0.4, -0.2) is 77.2 Å². The molecule has 1 unspecified atom stereocenters. The number of ether oxygens (including phenoxy) is 3. The van der Waals surface area contributed by atoms with E-state index in [2.05, 4.69) is 21.8 Å². The van der Waals surface area contributed by atoms with Crippen LogP contribution in [0.4, 0.5) is 0 Å². The number of aliphatic hydroxyl groups excluding tert-OH is 1. The van der Waals surface area contributed by atoms with Crippen LogP contribution >= 0.6 is 8.53 Å². The van der Waals surface area contributed by atoms with E-state index in [9.17, 15) is 14.7 Å². The summed E-state index contributed by atoms with van der Waals surface area (Å²) in [6.07, 6.45) is 0.258. The minimum atomic E-state index is -1.46. The molecule has 5 rings (SSSR count). The molecule has 0 spiro atoms. The number of hydrogen-bond acceptors (Lipinski definition) is 9. The van der Waals surface area contributed by atoms with Gasteiger partial charge >= 0.3 is 5.69 Å². The highest BCUT2D eigenvalue weighted by Gasteiger charge is 2.53. The maximum absolute atomic E-state index is 12.7. The van der Waals surface area contributed by atoms with Gasteiger partial charge in [0.1, 0.15) is 24.4 Å². The first kappa shape index (κ1) is 25.7. The Morgan fingerprint density at radius 2 is 2.00 bits per heavy atom. The predicted molar refractivity (Wildman–Crippen MR) is 130 cm³/mol. The van der Waals surface area contributed by atoms with E-state index in [1.807, 2.05) is 18.2 Å². The standard InChI is InChI=1S/C24H32N3O8P/c1-15-13-26(24(30)25-22(15)29)23-21(32-12-11-31-2)20(18(14-28)33-23)35-36-27-10-6-9-17(27)19(34-36)16-7-4-3-5-8-16/h3-5,7-8,13,17-21,23,28H,6,9-12,14H2,1-2H3,(H,25,29,30)/t17-,18-,19+,20?,21+,23-,36+/m1/s1. The zero-order valence-electron chi connectivity index (χ0n) is 20.3. The van der Waals surface area contributed by atoms with E-state index in [4.69, 9.17) is 23.3 Å². The molecule has 0 amide bonds. The Balaban J connectivity index is 1.43. The van der Waals surface area contributed by atoms with Gasteiger partial charge in [0.25, 0.3) is 14.1 Å². The number of aromatic nitrogens is 2. The highest BCUT2D eigenvalue weighted by molar-refractivity contribution is 7.45. The molecular formula is C24H32N3O8P. The normalized spacial score (nSPS) is 32.2. The number of benzene rings is 1. The zero-order valence-corrected chi connectivity index (χ0v) is 21.2. The van der Waals surface area contributed by atoms with Crippen molar-refractivity contribution in [1.29, 1.82) is 0 Å².